The maximum Gasteiger partial charge on any atom is 0.225 e. The SMILES string of the molecule is Cc1c(CNC(=O)C2CC(=O)N(Cc3ccccn3)C2)oc2ccccc12. The van der Waals surface area contributed by atoms with Crippen molar-refractivity contribution in [2.75, 3.05) is 6.54 Å². The third-order valence-electron chi connectivity index (χ3n) is 5.03. The minimum atomic E-state index is -0.342. The molecule has 4 rings (SSSR count). The van der Waals surface area contributed by atoms with E-state index in [0.29, 0.717) is 19.6 Å². The van der Waals surface area contributed by atoms with Crippen molar-refractivity contribution in [1.29, 1.82) is 0 Å². The molecule has 27 heavy (non-hydrogen) atoms. The molecule has 0 aliphatic carbocycles. The molecule has 1 atom stereocenters. The lowest BCUT2D eigenvalue weighted by molar-refractivity contribution is -0.129. The first-order valence-corrected chi connectivity index (χ1v) is 9.04. The first-order valence-electron chi connectivity index (χ1n) is 9.04. The second kappa shape index (κ2) is 7.23. The first kappa shape index (κ1) is 17.3. The van der Waals surface area contributed by atoms with Crippen molar-refractivity contribution < 1.29 is 14.0 Å². The normalized spacial score (nSPS) is 16.9. The van der Waals surface area contributed by atoms with Crippen LogP contribution in [0, 0.1) is 12.8 Å². The number of furan rings is 1. The largest absolute Gasteiger partial charge is 0.459 e. The summed E-state index contributed by atoms with van der Waals surface area (Å²) in [5.41, 5.74) is 2.67. The van der Waals surface area contributed by atoms with E-state index in [1.165, 1.54) is 0 Å². The molecule has 1 unspecified atom stereocenters. The number of para-hydroxylation sites is 1. The maximum absolute atomic E-state index is 12.5. The van der Waals surface area contributed by atoms with Gasteiger partial charge in [0.2, 0.25) is 11.8 Å². The minimum Gasteiger partial charge on any atom is -0.459 e. The molecule has 6 heteroatoms. The Labute approximate surface area is 157 Å². The van der Waals surface area contributed by atoms with Gasteiger partial charge in [-0.05, 0) is 25.1 Å². The molecule has 0 radical (unpaired) electrons. The molecule has 1 fully saturated rings. The van der Waals surface area contributed by atoms with Crippen molar-refractivity contribution >= 4 is 22.8 Å². The minimum absolute atomic E-state index is 0.0132. The molecule has 2 aromatic heterocycles. The summed E-state index contributed by atoms with van der Waals surface area (Å²) >= 11 is 0. The number of nitrogens with zero attached hydrogens (tertiary/aromatic N) is 2. The number of aryl methyl sites for hydroxylation is 1. The van der Waals surface area contributed by atoms with Gasteiger partial charge in [0, 0.05) is 30.1 Å². The Kier molecular flexibility index (Phi) is 4.62. The predicted molar refractivity (Wildman–Crippen MR) is 101 cm³/mol. The molecule has 0 bridgehead atoms. The number of nitrogens with one attached hydrogen (secondary N) is 1. The molecule has 1 aromatic carbocycles. The zero-order valence-electron chi connectivity index (χ0n) is 15.1. The summed E-state index contributed by atoms with van der Waals surface area (Å²) in [6.45, 7) is 3.16. The lowest BCUT2D eigenvalue weighted by Crippen LogP contribution is -2.32. The van der Waals surface area contributed by atoms with E-state index in [0.717, 1.165) is 28.0 Å². The molecule has 0 spiro atoms. The molecule has 1 aliphatic heterocycles. The van der Waals surface area contributed by atoms with E-state index < -0.39 is 0 Å². The molecule has 138 valence electrons. The number of aromatic nitrogens is 1. The molecule has 0 saturated carbocycles. The third-order valence-corrected chi connectivity index (χ3v) is 5.03. The van der Waals surface area contributed by atoms with E-state index in [2.05, 4.69) is 10.3 Å². The van der Waals surface area contributed by atoms with Crippen molar-refractivity contribution in [3.05, 3.63) is 65.7 Å². The summed E-state index contributed by atoms with van der Waals surface area (Å²) in [4.78, 5) is 30.7. The Bertz CT molecular complexity index is 981. The quantitative estimate of drug-likeness (QED) is 0.756. The van der Waals surface area contributed by atoms with E-state index in [9.17, 15) is 9.59 Å². The van der Waals surface area contributed by atoms with Crippen LogP contribution in [0.15, 0.2) is 53.1 Å². The van der Waals surface area contributed by atoms with E-state index in [1.807, 2.05) is 49.4 Å². The standard InChI is InChI=1S/C21H21N3O3/c1-14-17-7-2-3-8-18(17)27-19(14)11-23-21(26)15-10-20(25)24(12-15)13-16-6-4-5-9-22-16/h2-9,15H,10-13H2,1H3,(H,23,26). The van der Waals surface area contributed by atoms with Gasteiger partial charge in [0.15, 0.2) is 0 Å². The van der Waals surface area contributed by atoms with Gasteiger partial charge in [-0.3, -0.25) is 14.6 Å². The van der Waals surface area contributed by atoms with Gasteiger partial charge >= 0.3 is 0 Å². The Morgan fingerprint density at radius 1 is 1.26 bits per heavy atom. The highest BCUT2D eigenvalue weighted by Crippen LogP contribution is 2.25. The molecular weight excluding hydrogens is 342 g/mol. The van der Waals surface area contributed by atoms with Gasteiger partial charge in [0.1, 0.15) is 11.3 Å². The van der Waals surface area contributed by atoms with E-state index in [-0.39, 0.29) is 24.2 Å². The number of hydrogen-bond donors (Lipinski definition) is 1. The van der Waals surface area contributed by atoms with Crippen LogP contribution in [0.25, 0.3) is 11.0 Å². The van der Waals surface area contributed by atoms with Crippen molar-refractivity contribution in [3.63, 3.8) is 0 Å². The summed E-state index contributed by atoms with van der Waals surface area (Å²) < 4.78 is 5.83. The zero-order valence-corrected chi connectivity index (χ0v) is 15.1. The lowest BCUT2D eigenvalue weighted by atomic mass is 10.1. The summed E-state index contributed by atoms with van der Waals surface area (Å²) in [7, 11) is 0. The van der Waals surface area contributed by atoms with Gasteiger partial charge in [0.25, 0.3) is 0 Å². The zero-order chi connectivity index (χ0) is 18.8. The lowest BCUT2D eigenvalue weighted by Gasteiger charge is -2.16. The average molecular weight is 363 g/mol. The van der Waals surface area contributed by atoms with Crippen LogP contribution in [0.3, 0.4) is 0 Å². The van der Waals surface area contributed by atoms with Crippen LogP contribution in [-0.4, -0.2) is 28.2 Å². The monoisotopic (exact) mass is 363 g/mol. The van der Waals surface area contributed by atoms with Crippen LogP contribution >= 0.6 is 0 Å². The fourth-order valence-corrected chi connectivity index (χ4v) is 3.49. The second-order valence-corrected chi connectivity index (χ2v) is 6.86. The van der Waals surface area contributed by atoms with Gasteiger partial charge in [-0.2, -0.15) is 0 Å². The molecule has 1 saturated heterocycles. The summed E-state index contributed by atoms with van der Waals surface area (Å²) in [5, 5.41) is 3.98. The van der Waals surface area contributed by atoms with Gasteiger partial charge in [0.05, 0.1) is 24.7 Å². The highest BCUT2D eigenvalue weighted by atomic mass is 16.3. The predicted octanol–water partition coefficient (Wildman–Crippen LogP) is 2.80. The highest BCUT2D eigenvalue weighted by molar-refractivity contribution is 5.89. The first-order chi connectivity index (χ1) is 13.1. The van der Waals surface area contributed by atoms with E-state index >= 15 is 0 Å². The Balaban J connectivity index is 1.37. The van der Waals surface area contributed by atoms with Crippen molar-refractivity contribution in [2.24, 2.45) is 5.92 Å². The molecule has 2 amide bonds. The van der Waals surface area contributed by atoms with Crippen LogP contribution in [0.2, 0.25) is 0 Å². The topological polar surface area (TPSA) is 75.4 Å². The number of hydrogen-bond acceptors (Lipinski definition) is 4. The number of pyridine rings is 1. The van der Waals surface area contributed by atoms with Crippen LogP contribution < -0.4 is 5.32 Å². The van der Waals surface area contributed by atoms with Gasteiger partial charge in [-0.15, -0.1) is 0 Å². The highest BCUT2D eigenvalue weighted by Gasteiger charge is 2.34. The summed E-state index contributed by atoms with van der Waals surface area (Å²) in [6.07, 6.45) is 1.94. The fourth-order valence-electron chi connectivity index (χ4n) is 3.49. The number of carbonyl (C=O) groups is 2. The molecule has 3 aromatic rings. The van der Waals surface area contributed by atoms with Gasteiger partial charge in [-0.25, -0.2) is 0 Å². The van der Waals surface area contributed by atoms with Crippen LogP contribution in [0.1, 0.15) is 23.4 Å². The van der Waals surface area contributed by atoms with Crippen LogP contribution in [-0.2, 0) is 22.7 Å². The molecule has 1 aliphatic rings. The smallest absolute Gasteiger partial charge is 0.225 e. The number of likely N-dealkylation sites (tertiary alicyclic amines) is 1. The average Bonchev–Trinajstić information content (AvgIpc) is 3.21. The molecule has 1 N–H and O–H groups in total. The van der Waals surface area contributed by atoms with Crippen molar-refractivity contribution in [2.45, 2.75) is 26.4 Å². The molecular formula is C21H21N3O3. The second-order valence-electron chi connectivity index (χ2n) is 6.86. The Morgan fingerprint density at radius 3 is 2.85 bits per heavy atom. The number of benzene rings is 1. The number of carbonyl (C=O) groups excluding carboxylic acids is 2. The molecule has 3 heterocycles. The van der Waals surface area contributed by atoms with Gasteiger partial charge < -0.3 is 14.6 Å². The van der Waals surface area contributed by atoms with E-state index in [4.69, 9.17) is 4.42 Å². The number of rotatable bonds is 5. The van der Waals surface area contributed by atoms with Crippen molar-refractivity contribution in [3.8, 4) is 0 Å². The van der Waals surface area contributed by atoms with Crippen LogP contribution in [0.5, 0.6) is 0 Å². The van der Waals surface area contributed by atoms with E-state index in [1.54, 1.807) is 11.1 Å². The fraction of sp³-hybridized carbons (Fsp3) is 0.286. The summed E-state index contributed by atoms with van der Waals surface area (Å²) in [5.74, 6) is 0.276. The van der Waals surface area contributed by atoms with Crippen molar-refractivity contribution in [1.82, 2.24) is 15.2 Å². The third kappa shape index (κ3) is 3.56. The van der Waals surface area contributed by atoms with Crippen LogP contribution in [0.4, 0.5) is 0 Å². The Hall–Kier alpha value is -3.15. The summed E-state index contributed by atoms with van der Waals surface area (Å²) in [6, 6.07) is 13.4. The van der Waals surface area contributed by atoms with Gasteiger partial charge in [-0.1, -0.05) is 24.3 Å². The number of amides is 2. The molecule has 6 nitrogen and oxygen atoms in total. The Morgan fingerprint density at radius 2 is 2.07 bits per heavy atom. The number of fused-ring (bicyclic) bond motifs is 1. The maximum atomic E-state index is 12.5.